The minimum atomic E-state index is -0.0393. The van der Waals surface area contributed by atoms with Crippen molar-refractivity contribution in [3.8, 4) is 0 Å². The molecule has 5 heteroatoms. The molecule has 24 heavy (non-hydrogen) atoms. The summed E-state index contributed by atoms with van der Waals surface area (Å²) >= 11 is 0. The van der Waals surface area contributed by atoms with E-state index >= 15 is 0 Å². The molecule has 1 aromatic carbocycles. The highest BCUT2D eigenvalue weighted by Gasteiger charge is 2.15. The summed E-state index contributed by atoms with van der Waals surface area (Å²) in [4.78, 5) is 19.1. The zero-order chi connectivity index (χ0) is 16.5. The molecule has 4 rings (SSSR count). The topological polar surface area (TPSA) is 49.6 Å². The van der Waals surface area contributed by atoms with Crippen molar-refractivity contribution in [2.24, 2.45) is 0 Å². The van der Waals surface area contributed by atoms with Crippen LogP contribution in [0.15, 0.2) is 48.8 Å². The van der Waals surface area contributed by atoms with E-state index in [1.807, 2.05) is 41.1 Å². The number of anilines is 2. The van der Waals surface area contributed by atoms with E-state index in [4.69, 9.17) is 0 Å². The number of pyridine rings is 1. The third kappa shape index (κ3) is 2.85. The average molecular weight is 320 g/mol. The van der Waals surface area contributed by atoms with Crippen molar-refractivity contribution in [2.45, 2.75) is 19.3 Å². The van der Waals surface area contributed by atoms with Crippen molar-refractivity contribution >= 4 is 22.9 Å². The molecule has 0 aliphatic carbocycles. The number of aromatic nitrogens is 2. The van der Waals surface area contributed by atoms with Gasteiger partial charge in [0, 0.05) is 37.4 Å². The summed E-state index contributed by atoms with van der Waals surface area (Å²) in [5.74, 6) is -0.0393. The van der Waals surface area contributed by atoms with Gasteiger partial charge in [-0.05, 0) is 48.7 Å². The van der Waals surface area contributed by atoms with E-state index in [-0.39, 0.29) is 12.3 Å². The molecule has 5 nitrogen and oxygen atoms in total. The summed E-state index contributed by atoms with van der Waals surface area (Å²) in [6.45, 7) is 1.09. The number of fused-ring (bicyclic) bond motifs is 2. The quantitative estimate of drug-likeness (QED) is 0.807. The number of hydrogen-bond donors (Lipinski definition) is 1. The number of carbonyl (C=O) groups excluding carboxylic acids is 1. The Labute approximate surface area is 140 Å². The number of rotatable bonds is 3. The minimum absolute atomic E-state index is 0.0393. The predicted octanol–water partition coefficient (Wildman–Crippen LogP) is 2.90. The van der Waals surface area contributed by atoms with Crippen molar-refractivity contribution in [2.75, 3.05) is 23.8 Å². The summed E-state index contributed by atoms with van der Waals surface area (Å²) in [6, 6.07) is 12.0. The van der Waals surface area contributed by atoms with E-state index in [0.29, 0.717) is 0 Å². The Balaban J connectivity index is 1.48. The molecule has 0 fully saturated rings. The number of nitrogens with one attached hydrogen (secondary N) is 1. The maximum absolute atomic E-state index is 12.3. The monoisotopic (exact) mass is 320 g/mol. The number of carbonyl (C=O) groups is 1. The lowest BCUT2D eigenvalue weighted by atomic mass is 10.0. The van der Waals surface area contributed by atoms with Crippen LogP contribution in [0.4, 0.5) is 11.4 Å². The standard InChI is InChI=1S/C19H20N4O/c1-22-9-4-5-14-11-15(7-8-17(14)22)21-19(24)12-16-13-23-10-3-2-6-18(23)20-16/h2-3,6-8,10-11,13H,4-5,9,12H2,1H3,(H,21,24). The molecule has 0 saturated heterocycles. The number of aryl methyl sites for hydroxylation is 1. The lowest BCUT2D eigenvalue weighted by Crippen LogP contribution is -2.24. The fourth-order valence-electron chi connectivity index (χ4n) is 3.31. The van der Waals surface area contributed by atoms with Gasteiger partial charge in [0.05, 0.1) is 12.1 Å². The third-order valence-corrected chi connectivity index (χ3v) is 4.47. The maximum Gasteiger partial charge on any atom is 0.230 e. The molecule has 1 aliphatic rings. The average Bonchev–Trinajstić information content (AvgIpc) is 2.97. The number of amides is 1. The van der Waals surface area contributed by atoms with Gasteiger partial charge in [-0.2, -0.15) is 0 Å². The fourth-order valence-corrected chi connectivity index (χ4v) is 3.31. The first-order valence-electron chi connectivity index (χ1n) is 8.25. The molecule has 1 N–H and O–H groups in total. The second kappa shape index (κ2) is 6.00. The number of nitrogens with zero attached hydrogens (tertiary/aromatic N) is 3. The van der Waals surface area contributed by atoms with E-state index < -0.39 is 0 Å². The fraction of sp³-hybridized carbons (Fsp3) is 0.263. The summed E-state index contributed by atoms with van der Waals surface area (Å²) in [6.07, 6.45) is 6.33. The van der Waals surface area contributed by atoms with Crippen LogP contribution in [0, 0.1) is 0 Å². The molecule has 122 valence electrons. The highest BCUT2D eigenvalue weighted by molar-refractivity contribution is 5.92. The van der Waals surface area contributed by atoms with Gasteiger partial charge in [0.15, 0.2) is 0 Å². The Bertz CT molecular complexity index is 866. The van der Waals surface area contributed by atoms with Gasteiger partial charge < -0.3 is 14.6 Å². The number of benzene rings is 1. The van der Waals surface area contributed by atoms with Crippen LogP contribution < -0.4 is 10.2 Å². The molecule has 0 radical (unpaired) electrons. The number of hydrogen-bond acceptors (Lipinski definition) is 3. The lowest BCUT2D eigenvalue weighted by Gasteiger charge is -2.27. The Hall–Kier alpha value is -2.82. The van der Waals surface area contributed by atoms with Crippen molar-refractivity contribution in [3.63, 3.8) is 0 Å². The predicted molar refractivity (Wildman–Crippen MR) is 95.6 cm³/mol. The van der Waals surface area contributed by atoms with Crippen LogP contribution in [0.25, 0.3) is 5.65 Å². The molecular formula is C19H20N4O. The first-order chi connectivity index (χ1) is 11.7. The summed E-state index contributed by atoms with van der Waals surface area (Å²) in [5.41, 5.74) is 5.06. The van der Waals surface area contributed by atoms with Crippen LogP contribution in [0.5, 0.6) is 0 Å². The van der Waals surface area contributed by atoms with Crippen LogP contribution >= 0.6 is 0 Å². The van der Waals surface area contributed by atoms with Gasteiger partial charge in [0.1, 0.15) is 5.65 Å². The van der Waals surface area contributed by atoms with Crippen molar-refractivity contribution in [3.05, 3.63) is 60.0 Å². The molecule has 0 atom stereocenters. The van der Waals surface area contributed by atoms with Crippen molar-refractivity contribution in [1.29, 1.82) is 0 Å². The van der Waals surface area contributed by atoms with Crippen LogP contribution in [0.3, 0.4) is 0 Å². The minimum Gasteiger partial charge on any atom is -0.374 e. The molecule has 3 heterocycles. The van der Waals surface area contributed by atoms with E-state index in [1.165, 1.54) is 11.3 Å². The zero-order valence-electron chi connectivity index (χ0n) is 13.7. The normalized spacial score (nSPS) is 13.8. The molecule has 0 saturated carbocycles. The second-order valence-electron chi connectivity index (χ2n) is 6.29. The molecular weight excluding hydrogens is 300 g/mol. The largest absolute Gasteiger partial charge is 0.374 e. The Morgan fingerprint density at radius 3 is 3.08 bits per heavy atom. The molecule has 2 aromatic heterocycles. The molecule has 3 aromatic rings. The van der Waals surface area contributed by atoms with Crippen molar-refractivity contribution in [1.82, 2.24) is 9.38 Å². The SMILES string of the molecule is CN1CCCc2cc(NC(=O)Cc3cn4ccccc4n3)ccc21. The number of imidazole rings is 1. The Morgan fingerprint density at radius 1 is 1.29 bits per heavy atom. The van der Waals surface area contributed by atoms with Gasteiger partial charge in [-0.3, -0.25) is 4.79 Å². The Morgan fingerprint density at radius 2 is 2.21 bits per heavy atom. The molecule has 1 aliphatic heterocycles. The van der Waals surface area contributed by atoms with Crippen molar-refractivity contribution < 1.29 is 4.79 Å². The third-order valence-electron chi connectivity index (χ3n) is 4.47. The molecule has 1 amide bonds. The summed E-state index contributed by atoms with van der Waals surface area (Å²) in [7, 11) is 2.11. The Kier molecular flexibility index (Phi) is 3.69. The van der Waals surface area contributed by atoms with Gasteiger partial charge in [-0.1, -0.05) is 6.07 Å². The van der Waals surface area contributed by atoms with Crippen LogP contribution in [0.1, 0.15) is 17.7 Å². The maximum atomic E-state index is 12.3. The van der Waals surface area contributed by atoms with Gasteiger partial charge >= 0.3 is 0 Å². The first kappa shape index (κ1) is 14.8. The van der Waals surface area contributed by atoms with E-state index in [2.05, 4.69) is 34.4 Å². The molecule has 0 bridgehead atoms. The van der Waals surface area contributed by atoms with Crippen LogP contribution in [-0.4, -0.2) is 28.9 Å². The second-order valence-corrected chi connectivity index (χ2v) is 6.29. The van der Waals surface area contributed by atoms with Crippen LogP contribution in [-0.2, 0) is 17.6 Å². The van der Waals surface area contributed by atoms with Gasteiger partial charge in [-0.15, -0.1) is 0 Å². The van der Waals surface area contributed by atoms with Gasteiger partial charge in [0.2, 0.25) is 5.91 Å². The highest BCUT2D eigenvalue weighted by Crippen LogP contribution is 2.28. The molecule has 0 unspecified atom stereocenters. The van der Waals surface area contributed by atoms with E-state index in [0.717, 1.165) is 36.4 Å². The van der Waals surface area contributed by atoms with E-state index in [1.54, 1.807) is 0 Å². The van der Waals surface area contributed by atoms with Crippen LogP contribution in [0.2, 0.25) is 0 Å². The summed E-state index contributed by atoms with van der Waals surface area (Å²) < 4.78 is 1.93. The smallest absolute Gasteiger partial charge is 0.230 e. The van der Waals surface area contributed by atoms with Gasteiger partial charge in [-0.25, -0.2) is 4.98 Å². The first-order valence-corrected chi connectivity index (χ1v) is 8.25. The van der Waals surface area contributed by atoms with Gasteiger partial charge in [0.25, 0.3) is 0 Å². The van der Waals surface area contributed by atoms with E-state index in [9.17, 15) is 4.79 Å². The lowest BCUT2D eigenvalue weighted by molar-refractivity contribution is -0.115. The highest BCUT2D eigenvalue weighted by atomic mass is 16.1. The molecule has 0 spiro atoms. The summed E-state index contributed by atoms with van der Waals surface area (Å²) in [5, 5.41) is 2.99. The zero-order valence-corrected chi connectivity index (χ0v) is 13.7.